The van der Waals surface area contributed by atoms with Crippen molar-refractivity contribution in [3.63, 3.8) is 0 Å². The van der Waals surface area contributed by atoms with E-state index < -0.39 is 0 Å². The van der Waals surface area contributed by atoms with Gasteiger partial charge in [-0.25, -0.2) is 0 Å². The molecule has 7 heteroatoms. The van der Waals surface area contributed by atoms with E-state index in [-0.39, 0.29) is 0 Å². The summed E-state index contributed by atoms with van der Waals surface area (Å²) < 4.78 is 12.6. The first-order valence-corrected chi connectivity index (χ1v) is 17.2. The number of ether oxygens (including phenoxy) is 2. The summed E-state index contributed by atoms with van der Waals surface area (Å²) in [4.78, 5) is 10.2. The van der Waals surface area contributed by atoms with Crippen LogP contribution in [0.2, 0.25) is 0 Å². The standard InChI is InChI=1S/C30H32O2S5/c1-3-5-7-15-31-21-19-27(36-29(21)25-11-9-17-33-25)23-13-14-24(35-23)28-20-22(32-16-8-6-4-2)30(37-28)26-12-10-18-34-26/h9-14,17-20H,3-8,15-16H2,1-2H3. The van der Waals surface area contributed by atoms with E-state index in [9.17, 15) is 0 Å². The van der Waals surface area contributed by atoms with Gasteiger partial charge in [-0.1, -0.05) is 51.7 Å². The second-order valence-corrected chi connectivity index (χ2v) is 13.9. The molecule has 0 radical (unpaired) electrons. The van der Waals surface area contributed by atoms with Crippen molar-refractivity contribution in [1.82, 2.24) is 0 Å². The number of rotatable bonds is 14. The SMILES string of the molecule is CCCCCOc1cc(-c2ccc(-c3cc(OCCCCC)c(-c4cccs4)s3)s2)sc1-c1cccs1. The molecular formula is C30H32O2S5. The normalized spacial score (nSPS) is 11.3. The van der Waals surface area contributed by atoms with Crippen LogP contribution in [-0.4, -0.2) is 13.2 Å². The lowest BCUT2D eigenvalue weighted by Crippen LogP contribution is -1.96. The molecule has 0 amide bonds. The quantitative estimate of drug-likeness (QED) is 0.121. The number of thiophene rings is 5. The van der Waals surface area contributed by atoms with Crippen LogP contribution in [0.4, 0.5) is 0 Å². The predicted octanol–water partition coefficient (Wildman–Crippen LogP) is 11.8. The molecule has 5 rings (SSSR count). The van der Waals surface area contributed by atoms with E-state index in [0.29, 0.717) is 0 Å². The third-order valence-corrected chi connectivity index (χ3v) is 11.8. The summed E-state index contributed by atoms with van der Waals surface area (Å²) in [7, 11) is 0. The van der Waals surface area contributed by atoms with Crippen LogP contribution in [0.15, 0.2) is 59.3 Å². The lowest BCUT2D eigenvalue weighted by molar-refractivity contribution is 0.308. The zero-order valence-electron chi connectivity index (χ0n) is 21.3. The Morgan fingerprint density at radius 3 is 1.43 bits per heavy atom. The minimum absolute atomic E-state index is 0.778. The van der Waals surface area contributed by atoms with Crippen LogP contribution in [0.5, 0.6) is 11.5 Å². The van der Waals surface area contributed by atoms with Crippen LogP contribution in [0.1, 0.15) is 52.4 Å². The average molecular weight is 585 g/mol. The zero-order chi connectivity index (χ0) is 25.5. The van der Waals surface area contributed by atoms with Crippen molar-refractivity contribution >= 4 is 56.7 Å². The molecule has 0 unspecified atom stereocenters. The van der Waals surface area contributed by atoms with E-state index in [1.54, 1.807) is 22.7 Å². The Labute approximate surface area is 240 Å². The van der Waals surface area contributed by atoms with Gasteiger partial charge in [-0.05, 0) is 47.9 Å². The minimum Gasteiger partial charge on any atom is -0.492 e. The molecule has 0 aliphatic rings. The fourth-order valence-electron chi connectivity index (χ4n) is 4.04. The highest BCUT2D eigenvalue weighted by Gasteiger charge is 2.19. The topological polar surface area (TPSA) is 18.5 Å². The van der Waals surface area contributed by atoms with Crippen molar-refractivity contribution in [2.24, 2.45) is 0 Å². The maximum Gasteiger partial charge on any atom is 0.139 e. The Bertz CT molecular complexity index is 1250. The van der Waals surface area contributed by atoms with Crippen LogP contribution in [-0.2, 0) is 0 Å². The molecule has 0 aliphatic heterocycles. The van der Waals surface area contributed by atoms with E-state index in [4.69, 9.17) is 9.47 Å². The van der Waals surface area contributed by atoms with Crippen LogP contribution >= 0.6 is 56.7 Å². The second kappa shape index (κ2) is 13.3. The molecule has 0 atom stereocenters. The number of hydrogen-bond donors (Lipinski definition) is 0. The molecule has 0 spiro atoms. The second-order valence-electron chi connectivity index (χ2n) is 8.84. The van der Waals surface area contributed by atoms with Crippen LogP contribution in [0.3, 0.4) is 0 Å². The summed E-state index contributed by atoms with van der Waals surface area (Å²) in [5, 5.41) is 4.28. The lowest BCUT2D eigenvalue weighted by atomic mass is 10.2. The molecule has 0 N–H and O–H groups in total. The van der Waals surface area contributed by atoms with Gasteiger partial charge < -0.3 is 9.47 Å². The smallest absolute Gasteiger partial charge is 0.139 e. The van der Waals surface area contributed by atoms with Gasteiger partial charge in [0.15, 0.2) is 0 Å². The van der Waals surface area contributed by atoms with Crippen molar-refractivity contribution in [2.45, 2.75) is 52.4 Å². The van der Waals surface area contributed by atoms with Gasteiger partial charge >= 0.3 is 0 Å². The molecule has 0 saturated heterocycles. The van der Waals surface area contributed by atoms with Crippen molar-refractivity contribution in [2.75, 3.05) is 13.2 Å². The third kappa shape index (κ3) is 6.58. The summed E-state index contributed by atoms with van der Waals surface area (Å²) >= 11 is 9.10. The molecule has 194 valence electrons. The van der Waals surface area contributed by atoms with Gasteiger partial charge in [-0.3, -0.25) is 0 Å². The monoisotopic (exact) mass is 584 g/mol. The fraction of sp³-hybridized carbons (Fsp3) is 0.333. The Kier molecular flexibility index (Phi) is 9.56. The van der Waals surface area contributed by atoms with Gasteiger partial charge in [-0.2, -0.15) is 0 Å². The highest BCUT2D eigenvalue weighted by atomic mass is 32.1. The number of unbranched alkanes of at least 4 members (excludes halogenated alkanes) is 4. The maximum absolute atomic E-state index is 6.28. The molecule has 5 aromatic heterocycles. The summed E-state index contributed by atoms with van der Waals surface area (Å²) in [5.74, 6) is 2.04. The molecule has 0 bridgehead atoms. The lowest BCUT2D eigenvalue weighted by Gasteiger charge is -2.05. The Morgan fingerprint density at radius 1 is 0.541 bits per heavy atom. The predicted molar refractivity (Wildman–Crippen MR) is 168 cm³/mol. The Morgan fingerprint density at radius 2 is 1.03 bits per heavy atom. The molecule has 5 heterocycles. The average Bonchev–Trinajstić information content (AvgIpc) is 3.73. The highest BCUT2D eigenvalue weighted by molar-refractivity contribution is 7.29. The summed E-state index contributed by atoms with van der Waals surface area (Å²) in [6, 6.07) is 17.6. The molecule has 5 aromatic rings. The zero-order valence-corrected chi connectivity index (χ0v) is 25.4. The van der Waals surface area contributed by atoms with Crippen LogP contribution in [0, 0.1) is 0 Å². The van der Waals surface area contributed by atoms with Crippen LogP contribution < -0.4 is 9.47 Å². The van der Waals surface area contributed by atoms with Gasteiger partial charge in [0.25, 0.3) is 0 Å². The van der Waals surface area contributed by atoms with Gasteiger partial charge in [0.2, 0.25) is 0 Å². The molecular weight excluding hydrogens is 553 g/mol. The van der Waals surface area contributed by atoms with Gasteiger partial charge in [-0.15, -0.1) is 56.7 Å². The summed E-state index contributed by atoms with van der Waals surface area (Å²) in [6.07, 6.45) is 7.02. The van der Waals surface area contributed by atoms with E-state index in [1.165, 1.54) is 64.7 Å². The van der Waals surface area contributed by atoms with Crippen molar-refractivity contribution in [3.8, 4) is 50.5 Å². The first-order chi connectivity index (χ1) is 18.3. The molecule has 0 aliphatic carbocycles. The largest absolute Gasteiger partial charge is 0.492 e. The molecule has 0 saturated carbocycles. The maximum atomic E-state index is 6.28. The first-order valence-electron chi connectivity index (χ1n) is 13.0. The van der Waals surface area contributed by atoms with Crippen molar-refractivity contribution in [1.29, 1.82) is 0 Å². The van der Waals surface area contributed by atoms with Crippen molar-refractivity contribution < 1.29 is 9.47 Å². The molecule has 2 nitrogen and oxygen atoms in total. The Hall–Kier alpha value is -1.90. The van der Waals surface area contributed by atoms with Crippen LogP contribution in [0.25, 0.3) is 39.0 Å². The fourth-order valence-corrected chi connectivity index (χ4v) is 9.12. The van der Waals surface area contributed by atoms with E-state index in [2.05, 4.69) is 73.1 Å². The van der Waals surface area contributed by atoms with Gasteiger partial charge in [0.05, 0.1) is 23.0 Å². The number of hydrogen-bond acceptors (Lipinski definition) is 7. The van der Waals surface area contributed by atoms with E-state index in [1.807, 2.05) is 34.0 Å². The molecule has 37 heavy (non-hydrogen) atoms. The first kappa shape index (κ1) is 26.7. The van der Waals surface area contributed by atoms with E-state index in [0.717, 1.165) is 37.6 Å². The molecule has 0 aromatic carbocycles. The molecule has 0 fully saturated rings. The van der Waals surface area contributed by atoms with Gasteiger partial charge in [0, 0.05) is 41.4 Å². The minimum atomic E-state index is 0.778. The van der Waals surface area contributed by atoms with Gasteiger partial charge in [0.1, 0.15) is 11.5 Å². The Balaban J connectivity index is 1.40. The van der Waals surface area contributed by atoms with Crippen molar-refractivity contribution in [3.05, 3.63) is 59.3 Å². The third-order valence-electron chi connectivity index (χ3n) is 5.99. The highest BCUT2D eigenvalue weighted by Crippen LogP contribution is 2.50. The summed E-state index contributed by atoms with van der Waals surface area (Å²) in [5.41, 5.74) is 0. The summed E-state index contributed by atoms with van der Waals surface area (Å²) in [6.45, 7) is 6.01. The van der Waals surface area contributed by atoms with E-state index >= 15 is 0 Å².